The maximum absolute atomic E-state index is 14.6. The van der Waals surface area contributed by atoms with E-state index in [1.165, 1.54) is 13.0 Å². The van der Waals surface area contributed by atoms with Crippen molar-refractivity contribution in [3.63, 3.8) is 0 Å². The molecular formula is C29H24FN3O2. The van der Waals surface area contributed by atoms with Gasteiger partial charge < -0.3 is 4.74 Å². The van der Waals surface area contributed by atoms with E-state index in [4.69, 9.17) is 14.7 Å². The molecule has 0 amide bonds. The van der Waals surface area contributed by atoms with E-state index >= 15 is 0 Å². The molecule has 174 valence electrons. The van der Waals surface area contributed by atoms with Crippen LogP contribution in [0.2, 0.25) is 0 Å². The van der Waals surface area contributed by atoms with Crippen molar-refractivity contribution >= 4 is 11.6 Å². The fraction of sp³-hybridized carbons (Fsp3) is 0.138. The van der Waals surface area contributed by atoms with Gasteiger partial charge >= 0.3 is 5.97 Å². The molecule has 0 atom stereocenters. The molecule has 0 aliphatic rings. The van der Waals surface area contributed by atoms with E-state index in [1.807, 2.05) is 61.7 Å². The van der Waals surface area contributed by atoms with Crippen molar-refractivity contribution in [1.82, 2.24) is 14.4 Å². The molecule has 5 aromatic rings. The van der Waals surface area contributed by atoms with Gasteiger partial charge in [-0.2, -0.15) is 0 Å². The lowest BCUT2D eigenvalue weighted by Crippen LogP contribution is -2.07. The fourth-order valence-corrected chi connectivity index (χ4v) is 4.20. The third-order valence-electron chi connectivity index (χ3n) is 5.78. The Bertz CT molecular complexity index is 1530. The van der Waals surface area contributed by atoms with Crippen LogP contribution in [0.25, 0.3) is 16.9 Å². The van der Waals surface area contributed by atoms with Crippen LogP contribution < -0.4 is 4.74 Å². The van der Waals surface area contributed by atoms with Crippen molar-refractivity contribution in [2.45, 2.75) is 26.7 Å². The van der Waals surface area contributed by atoms with E-state index in [0.29, 0.717) is 40.6 Å². The highest BCUT2D eigenvalue weighted by atomic mass is 19.1. The fourth-order valence-electron chi connectivity index (χ4n) is 4.20. The number of aryl methyl sites for hydroxylation is 1. The summed E-state index contributed by atoms with van der Waals surface area (Å²) in [5.74, 6) is -0.390. The summed E-state index contributed by atoms with van der Waals surface area (Å²) in [7, 11) is 0. The van der Waals surface area contributed by atoms with E-state index < -0.39 is 5.97 Å². The second kappa shape index (κ2) is 9.50. The number of hydrogen-bond acceptors (Lipinski definition) is 4. The molecule has 35 heavy (non-hydrogen) atoms. The van der Waals surface area contributed by atoms with Crippen LogP contribution in [0.5, 0.6) is 5.88 Å². The number of hydrogen-bond donors (Lipinski definition) is 0. The van der Waals surface area contributed by atoms with Crippen molar-refractivity contribution in [3.8, 4) is 17.1 Å². The monoisotopic (exact) mass is 465 g/mol. The quantitative estimate of drug-likeness (QED) is 0.291. The summed E-state index contributed by atoms with van der Waals surface area (Å²) < 4.78 is 22.0. The summed E-state index contributed by atoms with van der Waals surface area (Å²) in [4.78, 5) is 21.8. The molecule has 3 aromatic carbocycles. The minimum absolute atomic E-state index is 0.247. The van der Waals surface area contributed by atoms with Crippen LogP contribution in [0, 0.1) is 12.7 Å². The average molecular weight is 466 g/mol. The summed E-state index contributed by atoms with van der Waals surface area (Å²) in [6.45, 7) is 3.40. The van der Waals surface area contributed by atoms with E-state index in [0.717, 1.165) is 16.7 Å². The summed E-state index contributed by atoms with van der Waals surface area (Å²) in [5.41, 5.74) is 6.02. The summed E-state index contributed by atoms with van der Waals surface area (Å²) >= 11 is 0. The average Bonchev–Trinajstić information content (AvgIpc) is 3.17. The van der Waals surface area contributed by atoms with Gasteiger partial charge in [0.1, 0.15) is 11.5 Å². The second-order valence-corrected chi connectivity index (χ2v) is 8.52. The number of carbonyl (C=O) groups is 1. The molecule has 0 radical (unpaired) electrons. The van der Waals surface area contributed by atoms with E-state index in [-0.39, 0.29) is 12.2 Å². The first-order valence-electron chi connectivity index (χ1n) is 11.4. The van der Waals surface area contributed by atoms with Crippen LogP contribution >= 0.6 is 0 Å². The maximum atomic E-state index is 14.6. The number of fused-ring (bicyclic) bond motifs is 1. The van der Waals surface area contributed by atoms with Gasteiger partial charge in [-0.15, -0.1) is 0 Å². The Balaban J connectivity index is 1.72. The molecule has 0 N–H and O–H groups in total. The summed E-state index contributed by atoms with van der Waals surface area (Å²) in [6, 6.07) is 24.5. The first-order valence-corrected chi connectivity index (χ1v) is 11.4. The smallest absolute Gasteiger partial charge is 0.309 e. The van der Waals surface area contributed by atoms with Gasteiger partial charge in [-0.25, -0.2) is 14.4 Å². The molecular weight excluding hydrogens is 441 g/mol. The first kappa shape index (κ1) is 22.5. The Hall–Kier alpha value is -4.32. The Kier molecular flexibility index (Phi) is 6.10. The molecule has 0 aliphatic carbocycles. The molecule has 6 heteroatoms. The van der Waals surface area contributed by atoms with Gasteiger partial charge in [0.15, 0.2) is 5.65 Å². The van der Waals surface area contributed by atoms with Gasteiger partial charge in [0.25, 0.3) is 0 Å². The van der Waals surface area contributed by atoms with E-state index in [2.05, 4.69) is 6.07 Å². The molecule has 5 nitrogen and oxygen atoms in total. The van der Waals surface area contributed by atoms with Crippen molar-refractivity contribution in [3.05, 3.63) is 119 Å². The topological polar surface area (TPSA) is 56.5 Å². The molecule has 2 heterocycles. The maximum Gasteiger partial charge on any atom is 0.309 e. The zero-order chi connectivity index (χ0) is 24.4. The van der Waals surface area contributed by atoms with Crippen LogP contribution in [0.15, 0.2) is 85.1 Å². The molecule has 0 spiro atoms. The zero-order valence-electron chi connectivity index (χ0n) is 19.5. The number of carbonyl (C=O) groups excluding carboxylic acids is 1. The first-order chi connectivity index (χ1) is 17.0. The summed E-state index contributed by atoms with van der Waals surface area (Å²) in [5, 5.41) is 0. The number of nitrogens with zero attached hydrogens (tertiary/aromatic N) is 3. The van der Waals surface area contributed by atoms with E-state index in [9.17, 15) is 9.18 Å². The van der Waals surface area contributed by atoms with E-state index in [1.54, 1.807) is 22.6 Å². The van der Waals surface area contributed by atoms with Crippen molar-refractivity contribution in [2.75, 3.05) is 0 Å². The van der Waals surface area contributed by atoms with Crippen LogP contribution in [0.3, 0.4) is 0 Å². The van der Waals surface area contributed by atoms with Crippen molar-refractivity contribution in [2.24, 2.45) is 0 Å². The SMILES string of the molecule is CC(=O)Oc1c(Cc2cccc(C)c2)nc2c(Cc3ccccc3F)nc(-c3ccccc3)cn12. The minimum atomic E-state index is -0.439. The number of rotatable bonds is 6. The molecule has 2 aromatic heterocycles. The molecule has 5 rings (SSSR count). The van der Waals surface area contributed by atoms with Crippen LogP contribution in [-0.4, -0.2) is 20.3 Å². The number of imidazole rings is 1. The second-order valence-electron chi connectivity index (χ2n) is 8.52. The van der Waals surface area contributed by atoms with Gasteiger partial charge in [0, 0.05) is 31.5 Å². The lowest BCUT2D eigenvalue weighted by molar-refractivity contribution is -0.132. The van der Waals surface area contributed by atoms with Crippen LogP contribution in [0.4, 0.5) is 4.39 Å². The predicted molar refractivity (Wildman–Crippen MR) is 133 cm³/mol. The largest absolute Gasteiger partial charge is 0.407 e. The van der Waals surface area contributed by atoms with Gasteiger partial charge in [0.2, 0.25) is 5.88 Å². The number of benzene rings is 3. The Labute approximate surface area is 202 Å². The van der Waals surface area contributed by atoms with Crippen LogP contribution in [0.1, 0.15) is 35.0 Å². The molecule has 0 saturated heterocycles. The summed E-state index contributed by atoms with van der Waals surface area (Å²) in [6.07, 6.45) is 2.55. The Morgan fingerprint density at radius 3 is 2.43 bits per heavy atom. The van der Waals surface area contributed by atoms with Gasteiger partial charge in [-0.1, -0.05) is 78.4 Å². The number of ether oxygens (including phenoxy) is 1. The normalized spacial score (nSPS) is 11.1. The molecule has 0 unspecified atom stereocenters. The van der Waals surface area contributed by atoms with Gasteiger partial charge in [0.05, 0.1) is 11.4 Å². The third kappa shape index (κ3) is 4.82. The third-order valence-corrected chi connectivity index (χ3v) is 5.78. The zero-order valence-corrected chi connectivity index (χ0v) is 19.5. The van der Waals surface area contributed by atoms with Gasteiger partial charge in [-0.05, 0) is 24.1 Å². The highest BCUT2D eigenvalue weighted by Crippen LogP contribution is 2.29. The molecule has 0 fully saturated rings. The number of halogens is 1. The minimum Gasteiger partial charge on any atom is -0.407 e. The Morgan fingerprint density at radius 2 is 1.69 bits per heavy atom. The van der Waals surface area contributed by atoms with Crippen LogP contribution in [-0.2, 0) is 17.6 Å². The van der Waals surface area contributed by atoms with Crippen molar-refractivity contribution in [1.29, 1.82) is 0 Å². The number of esters is 1. The highest BCUT2D eigenvalue weighted by molar-refractivity contribution is 5.71. The van der Waals surface area contributed by atoms with Gasteiger partial charge in [-0.3, -0.25) is 9.20 Å². The molecule has 0 bridgehead atoms. The molecule has 0 aliphatic heterocycles. The Morgan fingerprint density at radius 1 is 0.914 bits per heavy atom. The highest BCUT2D eigenvalue weighted by Gasteiger charge is 2.21. The lowest BCUT2D eigenvalue weighted by Gasteiger charge is -2.10. The predicted octanol–water partition coefficient (Wildman–Crippen LogP) is 5.95. The van der Waals surface area contributed by atoms with Crippen molar-refractivity contribution < 1.29 is 13.9 Å². The lowest BCUT2D eigenvalue weighted by atomic mass is 10.1. The molecule has 0 saturated carbocycles. The number of aromatic nitrogens is 3. The standard InChI is InChI=1S/C29H24FN3O2/c1-19-9-8-10-21(15-19)16-26-29(35-20(2)34)33-18-27(22-11-4-3-5-12-22)31-25(28(33)32-26)17-23-13-6-7-14-24(23)30/h3-15,18H,16-17H2,1-2H3.